The number of amides is 1. The molecule has 0 saturated heterocycles. The second kappa shape index (κ2) is 6.52. The number of nitrogens with zero attached hydrogens (tertiary/aromatic N) is 1. The molecule has 1 N–H and O–H groups in total. The Morgan fingerprint density at radius 3 is 2.76 bits per heavy atom. The summed E-state index contributed by atoms with van der Waals surface area (Å²) in [6.07, 6.45) is 5.15. The highest BCUT2D eigenvalue weighted by Gasteiger charge is 2.21. The van der Waals surface area contributed by atoms with E-state index in [1.807, 2.05) is 29.2 Å². The molecule has 0 spiro atoms. The summed E-state index contributed by atoms with van der Waals surface area (Å²) in [5, 5.41) is 1.26. The number of aromatic nitrogens is 1. The molecule has 0 aliphatic carbocycles. The Bertz CT molecular complexity index is 986. The van der Waals surface area contributed by atoms with Gasteiger partial charge >= 0.3 is 0 Å². The lowest BCUT2D eigenvalue weighted by Gasteiger charge is -2.27. The fourth-order valence-corrected chi connectivity index (χ4v) is 3.93. The highest BCUT2D eigenvalue weighted by Crippen LogP contribution is 2.31. The van der Waals surface area contributed by atoms with E-state index in [0.717, 1.165) is 23.0 Å². The molecule has 4 heteroatoms. The monoisotopic (exact) mass is 394 g/mol. The molecule has 4 rings (SSSR count). The van der Waals surface area contributed by atoms with Crippen LogP contribution in [0.3, 0.4) is 0 Å². The Hall–Kier alpha value is -2.33. The van der Waals surface area contributed by atoms with E-state index in [1.165, 1.54) is 27.6 Å². The number of carbonyl (C=O) groups excluding carboxylic acids is 1. The first-order valence-electron chi connectivity index (χ1n) is 8.45. The van der Waals surface area contributed by atoms with Crippen molar-refractivity contribution in [2.24, 2.45) is 0 Å². The van der Waals surface area contributed by atoms with Gasteiger partial charge in [-0.1, -0.05) is 36.4 Å². The van der Waals surface area contributed by atoms with Gasteiger partial charge in [0.15, 0.2) is 0 Å². The number of halogens is 1. The van der Waals surface area contributed by atoms with Crippen LogP contribution in [0.4, 0.5) is 0 Å². The Kier molecular flexibility index (Phi) is 4.22. The van der Waals surface area contributed by atoms with E-state index in [1.54, 1.807) is 0 Å². The third-order valence-electron chi connectivity index (χ3n) is 4.87. The number of fused-ring (bicyclic) bond motifs is 1. The summed E-state index contributed by atoms with van der Waals surface area (Å²) < 4.78 is 0.849. The van der Waals surface area contributed by atoms with Crippen LogP contribution in [-0.4, -0.2) is 28.9 Å². The Morgan fingerprint density at radius 2 is 2.00 bits per heavy atom. The zero-order chi connectivity index (χ0) is 17.4. The van der Waals surface area contributed by atoms with Gasteiger partial charge in [-0.05, 0) is 52.5 Å². The average molecular weight is 395 g/mol. The molecule has 1 aliphatic heterocycles. The van der Waals surface area contributed by atoms with Gasteiger partial charge in [0.25, 0.3) is 5.91 Å². The predicted molar refractivity (Wildman–Crippen MR) is 106 cm³/mol. The van der Waals surface area contributed by atoms with Crippen LogP contribution in [0.25, 0.3) is 16.5 Å². The molecule has 2 heterocycles. The van der Waals surface area contributed by atoms with Crippen LogP contribution >= 0.6 is 15.9 Å². The van der Waals surface area contributed by atoms with Crippen molar-refractivity contribution in [3.8, 4) is 0 Å². The smallest absolute Gasteiger partial charge is 0.255 e. The van der Waals surface area contributed by atoms with E-state index in [4.69, 9.17) is 0 Å². The molecule has 0 saturated carbocycles. The summed E-state index contributed by atoms with van der Waals surface area (Å²) in [5.74, 6) is 0.0811. The number of H-pyrrole nitrogens is 1. The van der Waals surface area contributed by atoms with Crippen LogP contribution in [0, 0.1) is 6.92 Å². The van der Waals surface area contributed by atoms with Gasteiger partial charge in [0, 0.05) is 40.2 Å². The predicted octanol–water partition coefficient (Wildman–Crippen LogP) is 5.17. The topological polar surface area (TPSA) is 36.1 Å². The lowest BCUT2D eigenvalue weighted by atomic mass is 9.98. The minimum Gasteiger partial charge on any atom is -0.360 e. The number of benzene rings is 2. The molecule has 25 heavy (non-hydrogen) atoms. The maximum absolute atomic E-state index is 12.7. The second-order valence-electron chi connectivity index (χ2n) is 6.41. The van der Waals surface area contributed by atoms with Crippen molar-refractivity contribution < 1.29 is 4.79 Å². The molecule has 3 nitrogen and oxygen atoms in total. The largest absolute Gasteiger partial charge is 0.360 e. The molecular formula is C21H19BrN2O. The molecule has 1 aromatic heterocycles. The molecule has 0 radical (unpaired) electrons. The van der Waals surface area contributed by atoms with Gasteiger partial charge in [-0.15, -0.1) is 0 Å². The van der Waals surface area contributed by atoms with Crippen molar-refractivity contribution in [1.82, 2.24) is 9.88 Å². The van der Waals surface area contributed by atoms with E-state index in [0.29, 0.717) is 6.54 Å². The molecule has 2 aromatic carbocycles. The van der Waals surface area contributed by atoms with Gasteiger partial charge in [0.1, 0.15) is 0 Å². The SMILES string of the molecule is Cc1cccc2c(C3=CCN(C(=O)c4ccccc4Br)CC3)c[nH]c12. The standard InChI is InChI=1S/C21H19BrN2O/c1-14-5-4-7-16-18(13-23-20(14)16)15-9-11-24(12-10-15)21(25)17-6-2-3-8-19(17)22/h2-9,13,23H,10-12H2,1H3. The van der Waals surface area contributed by atoms with E-state index in [-0.39, 0.29) is 5.91 Å². The average Bonchev–Trinajstić information content (AvgIpc) is 3.07. The first-order valence-corrected chi connectivity index (χ1v) is 9.24. The second-order valence-corrected chi connectivity index (χ2v) is 7.26. The molecule has 3 aromatic rings. The van der Waals surface area contributed by atoms with Gasteiger partial charge in [-0.25, -0.2) is 0 Å². The number of nitrogens with one attached hydrogen (secondary N) is 1. The third-order valence-corrected chi connectivity index (χ3v) is 5.56. The van der Waals surface area contributed by atoms with Gasteiger partial charge in [-0.2, -0.15) is 0 Å². The quantitative estimate of drug-likeness (QED) is 0.639. The number of rotatable bonds is 2. The Labute approximate surface area is 155 Å². The summed E-state index contributed by atoms with van der Waals surface area (Å²) in [7, 11) is 0. The Balaban J connectivity index is 1.59. The summed E-state index contributed by atoms with van der Waals surface area (Å²) in [4.78, 5) is 18.0. The fourth-order valence-electron chi connectivity index (χ4n) is 3.47. The van der Waals surface area contributed by atoms with Crippen molar-refractivity contribution in [2.45, 2.75) is 13.3 Å². The first-order chi connectivity index (χ1) is 12.1. The minimum absolute atomic E-state index is 0.0811. The summed E-state index contributed by atoms with van der Waals surface area (Å²) in [6.45, 7) is 3.51. The minimum atomic E-state index is 0.0811. The van der Waals surface area contributed by atoms with Crippen molar-refractivity contribution in [3.05, 3.63) is 75.9 Å². The van der Waals surface area contributed by atoms with Gasteiger partial charge in [0.2, 0.25) is 0 Å². The van der Waals surface area contributed by atoms with Crippen LogP contribution in [0.5, 0.6) is 0 Å². The van der Waals surface area contributed by atoms with E-state index in [2.05, 4.69) is 58.3 Å². The maximum Gasteiger partial charge on any atom is 0.255 e. The van der Waals surface area contributed by atoms with Crippen molar-refractivity contribution >= 4 is 38.3 Å². The van der Waals surface area contributed by atoms with Crippen LogP contribution in [0.15, 0.2) is 59.2 Å². The molecule has 0 atom stereocenters. The number of hydrogen-bond donors (Lipinski definition) is 1. The number of carbonyl (C=O) groups is 1. The normalized spacial score (nSPS) is 14.6. The van der Waals surface area contributed by atoms with Crippen molar-refractivity contribution in [2.75, 3.05) is 13.1 Å². The van der Waals surface area contributed by atoms with Gasteiger partial charge in [-0.3, -0.25) is 4.79 Å². The van der Waals surface area contributed by atoms with Crippen LogP contribution in [0.2, 0.25) is 0 Å². The number of hydrogen-bond acceptors (Lipinski definition) is 1. The fraction of sp³-hybridized carbons (Fsp3) is 0.190. The first kappa shape index (κ1) is 16.2. The molecule has 0 fully saturated rings. The maximum atomic E-state index is 12.7. The molecule has 0 unspecified atom stereocenters. The molecule has 1 amide bonds. The van der Waals surface area contributed by atoms with Crippen molar-refractivity contribution in [3.63, 3.8) is 0 Å². The van der Waals surface area contributed by atoms with E-state index >= 15 is 0 Å². The van der Waals surface area contributed by atoms with Crippen LogP contribution in [-0.2, 0) is 0 Å². The molecule has 126 valence electrons. The molecule has 0 bridgehead atoms. The summed E-state index contributed by atoms with van der Waals surface area (Å²) in [5.41, 5.74) is 5.75. The zero-order valence-electron chi connectivity index (χ0n) is 14.1. The molecular weight excluding hydrogens is 376 g/mol. The summed E-state index contributed by atoms with van der Waals surface area (Å²) >= 11 is 3.47. The summed E-state index contributed by atoms with van der Waals surface area (Å²) in [6, 6.07) is 14.0. The van der Waals surface area contributed by atoms with Crippen molar-refractivity contribution in [1.29, 1.82) is 0 Å². The van der Waals surface area contributed by atoms with Gasteiger partial charge in [0.05, 0.1) is 5.56 Å². The number of para-hydroxylation sites is 1. The lowest BCUT2D eigenvalue weighted by molar-refractivity contribution is 0.0772. The van der Waals surface area contributed by atoms with E-state index < -0.39 is 0 Å². The lowest BCUT2D eigenvalue weighted by Crippen LogP contribution is -2.34. The zero-order valence-corrected chi connectivity index (χ0v) is 15.6. The van der Waals surface area contributed by atoms with Crippen LogP contribution in [0.1, 0.15) is 27.9 Å². The number of aryl methyl sites for hydroxylation is 1. The Morgan fingerprint density at radius 1 is 1.16 bits per heavy atom. The van der Waals surface area contributed by atoms with Crippen LogP contribution < -0.4 is 0 Å². The third kappa shape index (κ3) is 2.91. The van der Waals surface area contributed by atoms with E-state index in [9.17, 15) is 4.79 Å². The highest BCUT2D eigenvalue weighted by molar-refractivity contribution is 9.10. The highest BCUT2D eigenvalue weighted by atomic mass is 79.9. The van der Waals surface area contributed by atoms with Gasteiger partial charge < -0.3 is 9.88 Å². The molecule has 1 aliphatic rings. The number of aromatic amines is 1.